The summed E-state index contributed by atoms with van der Waals surface area (Å²) in [5.41, 5.74) is 5.01. The number of rotatable bonds is 7. The van der Waals surface area contributed by atoms with Crippen LogP contribution >= 0.6 is 23.2 Å². The topological polar surface area (TPSA) is 79.3 Å². The minimum atomic E-state index is -0.493. The predicted molar refractivity (Wildman–Crippen MR) is 179 cm³/mol. The van der Waals surface area contributed by atoms with E-state index in [0.717, 1.165) is 78.4 Å². The fraction of sp³-hybridized carbons (Fsp3) is 0.571. The van der Waals surface area contributed by atoms with Crippen LogP contribution in [0.1, 0.15) is 99.9 Å². The molecule has 2 heterocycles. The SMILES string of the molecule is CC1CCC(NC(=O)c2cc3nc(Cc4c(Cl)ccc(CNC(=O)C(C)(C)C)c4Cl)n(C)c3cc2N2CCC3(CC3)C2)CC1. The molecule has 1 aliphatic heterocycles. The third-order valence-corrected chi connectivity index (χ3v) is 11.0. The van der Waals surface area contributed by atoms with Crippen LogP contribution in [0.3, 0.4) is 0 Å². The molecular formula is C35H45Cl2N5O2. The van der Waals surface area contributed by atoms with E-state index >= 15 is 0 Å². The van der Waals surface area contributed by atoms with E-state index in [1.165, 1.54) is 19.3 Å². The number of amides is 2. The number of hydrogen-bond donors (Lipinski definition) is 2. The van der Waals surface area contributed by atoms with Gasteiger partial charge in [0.05, 0.1) is 27.3 Å². The Morgan fingerprint density at radius 1 is 1.07 bits per heavy atom. The lowest BCUT2D eigenvalue weighted by molar-refractivity contribution is -0.128. The number of imidazole rings is 1. The second-order valence-corrected chi connectivity index (χ2v) is 15.4. The van der Waals surface area contributed by atoms with Crippen molar-refractivity contribution in [1.82, 2.24) is 20.2 Å². The molecule has 3 aromatic rings. The van der Waals surface area contributed by atoms with E-state index in [4.69, 9.17) is 28.2 Å². The summed E-state index contributed by atoms with van der Waals surface area (Å²) < 4.78 is 2.09. The first-order chi connectivity index (χ1) is 20.8. The molecule has 0 bridgehead atoms. The van der Waals surface area contributed by atoms with Crippen molar-refractivity contribution < 1.29 is 9.59 Å². The Hall–Kier alpha value is -2.77. The zero-order chi connectivity index (χ0) is 31.4. The van der Waals surface area contributed by atoms with Crippen molar-refractivity contribution in [3.05, 3.63) is 56.8 Å². The average Bonchev–Trinajstić information content (AvgIpc) is 3.50. The van der Waals surface area contributed by atoms with Crippen LogP contribution in [0.15, 0.2) is 24.3 Å². The fourth-order valence-electron chi connectivity index (χ4n) is 6.82. The van der Waals surface area contributed by atoms with Crippen LogP contribution < -0.4 is 15.5 Å². The van der Waals surface area contributed by atoms with E-state index in [1.54, 1.807) is 0 Å². The predicted octanol–water partition coefficient (Wildman–Crippen LogP) is 7.43. The van der Waals surface area contributed by atoms with E-state index in [1.807, 2.05) is 46.0 Å². The summed E-state index contributed by atoms with van der Waals surface area (Å²) >= 11 is 13.6. The Morgan fingerprint density at radius 3 is 2.45 bits per heavy atom. The maximum atomic E-state index is 13.8. The first kappa shape index (κ1) is 31.2. The van der Waals surface area contributed by atoms with Gasteiger partial charge in [-0.25, -0.2) is 4.98 Å². The van der Waals surface area contributed by atoms with Crippen LogP contribution in [0.25, 0.3) is 11.0 Å². The van der Waals surface area contributed by atoms with Crippen molar-refractivity contribution in [2.75, 3.05) is 18.0 Å². The van der Waals surface area contributed by atoms with Gasteiger partial charge in [-0.3, -0.25) is 9.59 Å². The summed E-state index contributed by atoms with van der Waals surface area (Å²) in [4.78, 5) is 33.7. The highest BCUT2D eigenvalue weighted by atomic mass is 35.5. The Labute approximate surface area is 271 Å². The van der Waals surface area contributed by atoms with E-state index in [-0.39, 0.29) is 17.9 Å². The smallest absolute Gasteiger partial charge is 0.253 e. The fourth-order valence-corrected chi connectivity index (χ4v) is 7.39. The molecule has 2 amide bonds. The third kappa shape index (κ3) is 6.32. The van der Waals surface area contributed by atoms with E-state index in [0.29, 0.717) is 34.0 Å². The molecule has 9 heteroatoms. The number of aromatic nitrogens is 2. The molecule has 44 heavy (non-hydrogen) atoms. The molecule has 2 aliphatic carbocycles. The molecule has 1 spiro atoms. The molecule has 2 saturated carbocycles. The molecule has 6 rings (SSSR count). The first-order valence-electron chi connectivity index (χ1n) is 16.1. The van der Waals surface area contributed by atoms with Crippen LogP contribution in [0.4, 0.5) is 5.69 Å². The Balaban J connectivity index is 1.31. The number of carbonyl (C=O) groups excluding carboxylic acids is 2. The summed E-state index contributed by atoms with van der Waals surface area (Å²) in [5.74, 6) is 1.50. The number of fused-ring (bicyclic) bond motifs is 1. The number of anilines is 1. The average molecular weight is 639 g/mol. The van der Waals surface area contributed by atoms with E-state index < -0.39 is 5.41 Å². The highest BCUT2D eigenvalue weighted by Crippen LogP contribution is 2.53. The standard InChI is InChI=1S/C35H45Cl2N5O2/c1-21-6-9-23(10-7-21)39-32(43)25-16-27-29(18-28(25)42-15-14-35(20-42)12-13-35)41(5)30(40-27)17-24-26(36)11-8-22(31(24)37)19-38-33(44)34(2,3)4/h8,11,16,18,21,23H,6-7,9-10,12-15,17,19-20H2,1-5H3,(H,38,44)(H,39,43). The highest BCUT2D eigenvalue weighted by Gasteiger charge is 2.48. The van der Waals surface area contributed by atoms with Gasteiger partial charge in [0.15, 0.2) is 0 Å². The molecule has 3 aliphatic rings. The monoisotopic (exact) mass is 637 g/mol. The second kappa shape index (κ2) is 11.9. The Kier molecular flexibility index (Phi) is 8.42. The molecule has 2 N–H and O–H groups in total. The largest absolute Gasteiger partial charge is 0.370 e. The van der Waals surface area contributed by atoms with Crippen LogP contribution in [0.2, 0.25) is 10.0 Å². The summed E-state index contributed by atoms with van der Waals surface area (Å²) in [7, 11) is 2.01. The summed E-state index contributed by atoms with van der Waals surface area (Å²) in [5, 5.41) is 7.44. The van der Waals surface area contributed by atoms with Gasteiger partial charge in [-0.1, -0.05) is 57.0 Å². The van der Waals surface area contributed by atoms with Crippen LogP contribution in [-0.2, 0) is 24.8 Å². The molecule has 236 valence electrons. The lowest BCUT2D eigenvalue weighted by Crippen LogP contribution is -2.38. The van der Waals surface area contributed by atoms with Crippen molar-refractivity contribution in [2.24, 2.45) is 23.8 Å². The van der Waals surface area contributed by atoms with Crippen LogP contribution in [0, 0.1) is 16.7 Å². The third-order valence-electron chi connectivity index (χ3n) is 10.1. The van der Waals surface area contributed by atoms with Gasteiger partial charge in [0.1, 0.15) is 5.82 Å². The number of nitrogens with one attached hydrogen (secondary N) is 2. The number of carbonyl (C=O) groups is 2. The van der Waals surface area contributed by atoms with Crippen molar-refractivity contribution in [3.8, 4) is 0 Å². The maximum Gasteiger partial charge on any atom is 0.253 e. The van der Waals surface area contributed by atoms with Gasteiger partial charge in [-0.05, 0) is 85.6 Å². The second-order valence-electron chi connectivity index (χ2n) is 14.7. The first-order valence-corrected chi connectivity index (χ1v) is 16.9. The molecule has 0 unspecified atom stereocenters. The molecule has 1 saturated heterocycles. The summed E-state index contributed by atoms with van der Waals surface area (Å²) in [6.45, 7) is 10.2. The number of benzene rings is 2. The van der Waals surface area contributed by atoms with Gasteiger partial charge < -0.3 is 20.1 Å². The quantitative estimate of drug-likeness (QED) is 0.282. The van der Waals surface area contributed by atoms with Crippen LogP contribution in [-0.4, -0.2) is 40.5 Å². The number of nitrogens with zero attached hydrogens (tertiary/aromatic N) is 3. The normalized spacial score (nSPS) is 21.2. The number of hydrogen-bond acceptors (Lipinski definition) is 4. The minimum absolute atomic E-state index is 0.00139. The molecule has 0 radical (unpaired) electrons. The molecular weight excluding hydrogens is 593 g/mol. The van der Waals surface area contributed by atoms with E-state index in [9.17, 15) is 9.59 Å². The zero-order valence-corrected chi connectivity index (χ0v) is 28.2. The zero-order valence-electron chi connectivity index (χ0n) is 26.7. The van der Waals surface area contributed by atoms with Gasteiger partial charge >= 0.3 is 0 Å². The van der Waals surface area contributed by atoms with Gasteiger partial charge in [-0.15, -0.1) is 0 Å². The number of halogens is 2. The number of aryl methyl sites for hydroxylation is 1. The summed E-state index contributed by atoms with van der Waals surface area (Å²) in [6, 6.07) is 8.05. The van der Waals surface area contributed by atoms with E-state index in [2.05, 4.69) is 33.1 Å². The lowest BCUT2D eigenvalue weighted by atomic mass is 9.87. The molecule has 1 aromatic heterocycles. The van der Waals surface area contributed by atoms with Crippen molar-refractivity contribution in [3.63, 3.8) is 0 Å². The molecule has 0 atom stereocenters. The van der Waals surface area contributed by atoms with Gasteiger partial charge in [0.25, 0.3) is 5.91 Å². The summed E-state index contributed by atoms with van der Waals surface area (Å²) in [6.07, 6.45) is 8.56. The van der Waals surface area contributed by atoms with Crippen molar-refractivity contribution in [1.29, 1.82) is 0 Å². The van der Waals surface area contributed by atoms with Gasteiger partial charge in [-0.2, -0.15) is 0 Å². The minimum Gasteiger partial charge on any atom is -0.370 e. The van der Waals surface area contributed by atoms with Crippen LogP contribution in [0.5, 0.6) is 0 Å². The van der Waals surface area contributed by atoms with Gasteiger partial charge in [0, 0.05) is 49.6 Å². The van der Waals surface area contributed by atoms with Crippen molar-refractivity contribution in [2.45, 2.75) is 91.6 Å². The lowest BCUT2D eigenvalue weighted by Gasteiger charge is -2.28. The Bertz CT molecular complexity index is 1590. The molecule has 3 fully saturated rings. The van der Waals surface area contributed by atoms with Gasteiger partial charge in [0.2, 0.25) is 5.91 Å². The highest BCUT2D eigenvalue weighted by molar-refractivity contribution is 6.36. The Morgan fingerprint density at radius 2 is 1.80 bits per heavy atom. The maximum absolute atomic E-state index is 13.8. The van der Waals surface area contributed by atoms with Crippen molar-refractivity contribution >= 4 is 51.7 Å². The molecule has 2 aromatic carbocycles. The molecule has 7 nitrogen and oxygen atoms in total.